The summed E-state index contributed by atoms with van der Waals surface area (Å²) in [4.78, 5) is 29.6. The molecule has 0 saturated carbocycles. The molecule has 35 heavy (non-hydrogen) atoms. The molecule has 0 spiro atoms. The predicted octanol–water partition coefficient (Wildman–Crippen LogP) is 2.53. The van der Waals surface area contributed by atoms with E-state index in [0.717, 1.165) is 52.0 Å². The molecule has 0 aliphatic carbocycles. The summed E-state index contributed by atoms with van der Waals surface area (Å²) in [5, 5.41) is 12.8. The van der Waals surface area contributed by atoms with E-state index in [1.54, 1.807) is 0 Å². The molecule has 0 radical (unpaired) electrons. The first kappa shape index (κ1) is 25.9. The van der Waals surface area contributed by atoms with E-state index in [4.69, 9.17) is 4.74 Å². The Morgan fingerprint density at radius 1 is 1.00 bits per heavy atom. The second kappa shape index (κ2) is 13.2. The number of aliphatic hydroxyl groups excluding tert-OH is 1. The topological polar surface area (TPSA) is 82.1 Å². The van der Waals surface area contributed by atoms with Crippen molar-refractivity contribution in [1.82, 2.24) is 15.1 Å². The molecule has 7 nitrogen and oxygen atoms in total. The van der Waals surface area contributed by atoms with Gasteiger partial charge in [0.15, 0.2) is 0 Å². The van der Waals surface area contributed by atoms with Crippen molar-refractivity contribution in [2.75, 3.05) is 39.3 Å². The van der Waals surface area contributed by atoms with Gasteiger partial charge in [0.1, 0.15) is 6.10 Å². The van der Waals surface area contributed by atoms with Gasteiger partial charge in [-0.3, -0.25) is 9.59 Å². The molecule has 3 heterocycles. The number of likely N-dealkylation sites (tertiary alicyclic amines) is 2. The van der Waals surface area contributed by atoms with Gasteiger partial charge in [-0.15, -0.1) is 0 Å². The Labute approximate surface area is 209 Å². The highest BCUT2D eigenvalue weighted by molar-refractivity contribution is 5.77. The Morgan fingerprint density at radius 2 is 1.74 bits per heavy atom. The molecular formula is C28H41N3O4. The van der Waals surface area contributed by atoms with Crippen LogP contribution in [0.2, 0.25) is 0 Å². The maximum Gasteiger partial charge on any atom is 0.225 e. The molecule has 1 aromatic rings. The normalized spacial score (nSPS) is 26.0. The molecule has 3 atom stereocenters. The first-order valence-corrected chi connectivity index (χ1v) is 13.4. The monoisotopic (exact) mass is 483 g/mol. The summed E-state index contributed by atoms with van der Waals surface area (Å²) in [6, 6.07) is 10.2. The zero-order chi connectivity index (χ0) is 24.5. The van der Waals surface area contributed by atoms with Crippen LogP contribution in [0.15, 0.2) is 42.5 Å². The molecular weight excluding hydrogens is 442 g/mol. The average molecular weight is 484 g/mol. The van der Waals surface area contributed by atoms with Crippen molar-refractivity contribution in [2.24, 2.45) is 5.92 Å². The average Bonchev–Trinajstić information content (AvgIpc) is 2.90. The van der Waals surface area contributed by atoms with E-state index in [1.165, 1.54) is 24.8 Å². The lowest BCUT2D eigenvalue weighted by Crippen LogP contribution is -2.50. The molecule has 3 aliphatic heterocycles. The fourth-order valence-corrected chi connectivity index (χ4v) is 5.47. The van der Waals surface area contributed by atoms with Crippen LogP contribution in [0.1, 0.15) is 50.5 Å². The number of hydrogen-bond acceptors (Lipinski definition) is 5. The fourth-order valence-electron chi connectivity index (χ4n) is 5.47. The highest BCUT2D eigenvalue weighted by atomic mass is 16.5. The molecule has 2 amide bonds. The van der Waals surface area contributed by atoms with Crippen LogP contribution in [0, 0.1) is 5.92 Å². The lowest BCUT2D eigenvalue weighted by Gasteiger charge is -2.35. The van der Waals surface area contributed by atoms with E-state index in [2.05, 4.69) is 34.5 Å². The van der Waals surface area contributed by atoms with Gasteiger partial charge in [0.05, 0.1) is 25.2 Å². The number of aliphatic hydroxyl groups is 1. The number of ether oxygens (including phenoxy) is 1. The number of nitrogens with one attached hydrogen (secondary N) is 1. The Morgan fingerprint density at radius 3 is 2.46 bits per heavy atom. The molecule has 0 aromatic heterocycles. The molecule has 3 aliphatic rings. The van der Waals surface area contributed by atoms with Crippen LogP contribution in [0.5, 0.6) is 0 Å². The van der Waals surface area contributed by atoms with Gasteiger partial charge in [-0.25, -0.2) is 0 Å². The number of carbonyl (C=O) groups excluding carboxylic acids is 2. The number of carbonyl (C=O) groups is 2. The Bertz CT molecular complexity index is 832. The molecule has 0 unspecified atom stereocenters. The molecule has 0 bridgehead atoms. The molecule has 2 saturated heterocycles. The minimum atomic E-state index is -0.534. The van der Waals surface area contributed by atoms with E-state index >= 15 is 0 Å². The predicted molar refractivity (Wildman–Crippen MR) is 136 cm³/mol. The minimum Gasteiger partial charge on any atom is -0.394 e. The summed E-state index contributed by atoms with van der Waals surface area (Å²) >= 11 is 0. The van der Waals surface area contributed by atoms with E-state index in [9.17, 15) is 14.7 Å². The number of amides is 2. The Balaban J connectivity index is 1.19. The first-order valence-electron chi connectivity index (χ1n) is 13.4. The molecule has 192 valence electrons. The van der Waals surface area contributed by atoms with Crippen molar-refractivity contribution in [1.29, 1.82) is 0 Å². The lowest BCUT2D eigenvalue weighted by atomic mass is 9.90. The van der Waals surface area contributed by atoms with Gasteiger partial charge in [0, 0.05) is 26.1 Å². The van der Waals surface area contributed by atoms with E-state index in [1.807, 2.05) is 23.1 Å². The van der Waals surface area contributed by atoms with Gasteiger partial charge in [-0.05, 0) is 56.7 Å². The third kappa shape index (κ3) is 7.89. The number of nitrogens with zero attached hydrogens (tertiary/aromatic N) is 2. The molecule has 2 N–H and O–H groups in total. The van der Waals surface area contributed by atoms with Crippen LogP contribution in [0.3, 0.4) is 0 Å². The summed E-state index contributed by atoms with van der Waals surface area (Å²) in [6.07, 6.45) is 10.4. The fraction of sp³-hybridized carbons (Fsp3) is 0.643. The van der Waals surface area contributed by atoms with Gasteiger partial charge >= 0.3 is 0 Å². The summed E-state index contributed by atoms with van der Waals surface area (Å²) in [5.74, 6) is 0.684. The van der Waals surface area contributed by atoms with Crippen LogP contribution in [0.25, 0.3) is 0 Å². The van der Waals surface area contributed by atoms with Crippen LogP contribution in [-0.4, -0.2) is 84.3 Å². The quantitative estimate of drug-likeness (QED) is 0.528. The third-order valence-corrected chi connectivity index (χ3v) is 7.60. The maximum atomic E-state index is 12.9. The van der Waals surface area contributed by atoms with E-state index in [0.29, 0.717) is 12.3 Å². The lowest BCUT2D eigenvalue weighted by molar-refractivity contribution is -0.137. The summed E-state index contributed by atoms with van der Waals surface area (Å²) < 4.78 is 6.00. The number of rotatable bonds is 9. The smallest absolute Gasteiger partial charge is 0.225 e. The zero-order valence-corrected chi connectivity index (χ0v) is 20.8. The second-order valence-electron chi connectivity index (χ2n) is 10.2. The van der Waals surface area contributed by atoms with Crippen molar-refractivity contribution < 1.29 is 19.4 Å². The van der Waals surface area contributed by atoms with E-state index in [-0.39, 0.29) is 37.0 Å². The highest BCUT2D eigenvalue weighted by Gasteiger charge is 2.31. The van der Waals surface area contributed by atoms with Crippen LogP contribution < -0.4 is 5.32 Å². The maximum absolute atomic E-state index is 12.9. The Hall–Kier alpha value is -2.22. The summed E-state index contributed by atoms with van der Waals surface area (Å²) in [6.45, 7) is 4.28. The van der Waals surface area contributed by atoms with E-state index < -0.39 is 6.10 Å². The Kier molecular flexibility index (Phi) is 9.74. The van der Waals surface area contributed by atoms with Crippen LogP contribution >= 0.6 is 0 Å². The van der Waals surface area contributed by atoms with Gasteiger partial charge in [-0.1, -0.05) is 48.9 Å². The number of hydrogen-bond donors (Lipinski definition) is 2. The zero-order valence-electron chi connectivity index (χ0n) is 20.8. The summed E-state index contributed by atoms with van der Waals surface area (Å²) in [5.41, 5.74) is 1.36. The van der Waals surface area contributed by atoms with Crippen molar-refractivity contribution >= 4 is 11.8 Å². The highest BCUT2D eigenvalue weighted by Crippen LogP contribution is 2.23. The molecule has 4 rings (SSSR count). The van der Waals surface area contributed by atoms with Crippen molar-refractivity contribution in [3.8, 4) is 0 Å². The minimum absolute atomic E-state index is 0.0276. The summed E-state index contributed by atoms with van der Waals surface area (Å²) in [7, 11) is 0. The molecule has 1 aromatic carbocycles. The SMILES string of the molecule is O=C(CCN1CCCCC1)N[C@H]1C=C[C@H](CC(=O)N2CCC(Cc3ccccc3)CC2)O[C@H]1CO. The van der Waals surface area contributed by atoms with Gasteiger partial charge in [0.25, 0.3) is 0 Å². The number of piperidine rings is 2. The largest absolute Gasteiger partial charge is 0.394 e. The standard InChI is InChI=1S/C28H41N3O4/c32-21-26-25(29-27(33)13-16-30-14-5-2-6-15-30)10-9-24(35-26)20-28(34)31-17-11-23(12-18-31)19-22-7-3-1-4-8-22/h1,3-4,7-10,23-26,32H,2,5-6,11-21H2,(H,29,33)/t24-,25+,26+/m1/s1. The molecule has 7 heteroatoms. The van der Waals surface area contributed by atoms with Crippen molar-refractivity contribution in [3.63, 3.8) is 0 Å². The van der Waals surface area contributed by atoms with Crippen molar-refractivity contribution in [2.45, 2.75) is 69.6 Å². The van der Waals surface area contributed by atoms with Gasteiger partial charge < -0.3 is 25.0 Å². The van der Waals surface area contributed by atoms with Crippen LogP contribution in [-0.2, 0) is 20.7 Å². The molecule has 2 fully saturated rings. The van der Waals surface area contributed by atoms with Crippen LogP contribution in [0.4, 0.5) is 0 Å². The number of benzene rings is 1. The van der Waals surface area contributed by atoms with Gasteiger partial charge in [-0.2, -0.15) is 0 Å². The second-order valence-corrected chi connectivity index (χ2v) is 10.2. The van der Waals surface area contributed by atoms with Crippen molar-refractivity contribution in [3.05, 3.63) is 48.0 Å². The van der Waals surface area contributed by atoms with Gasteiger partial charge in [0.2, 0.25) is 11.8 Å². The third-order valence-electron chi connectivity index (χ3n) is 7.60. The first-order chi connectivity index (χ1) is 17.1.